The minimum Gasteiger partial charge on any atom is -0.315 e. The highest BCUT2D eigenvalue weighted by Gasteiger charge is 2.21. The maximum Gasteiger partial charge on any atom is 0.242 e. The van der Waals surface area contributed by atoms with E-state index in [1.807, 2.05) is 0 Å². The Kier molecular flexibility index (Phi) is 6.00. The standard InChI is InChI=1S/C10H14BrN3O2S.ClH/c11-8-4-10(7-13-5-8)17(15,16)14-9-2-1-3-12-6-9;/h4-5,7,9,12,14H,1-3,6H2;1H/t9-;/m0./s1. The molecule has 0 amide bonds. The summed E-state index contributed by atoms with van der Waals surface area (Å²) in [5.74, 6) is 0. The first kappa shape index (κ1) is 15.8. The monoisotopic (exact) mass is 355 g/mol. The van der Waals surface area contributed by atoms with E-state index >= 15 is 0 Å². The van der Waals surface area contributed by atoms with E-state index in [1.165, 1.54) is 6.20 Å². The first-order valence-corrected chi connectivity index (χ1v) is 7.69. The van der Waals surface area contributed by atoms with Gasteiger partial charge in [0.25, 0.3) is 0 Å². The topological polar surface area (TPSA) is 71.1 Å². The number of rotatable bonds is 3. The number of nitrogens with zero attached hydrogens (tertiary/aromatic N) is 1. The molecule has 1 saturated heterocycles. The number of hydrogen-bond donors (Lipinski definition) is 2. The van der Waals surface area contributed by atoms with E-state index in [2.05, 4.69) is 31.0 Å². The van der Waals surface area contributed by atoms with Crippen molar-refractivity contribution in [3.8, 4) is 0 Å². The van der Waals surface area contributed by atoms with Crippen molar-refractivity contribution >= 4 is 38.4 Å². The molecule has 1 fully saturated rings. The maximum atomic E-state index is 12.1. The van der Waals surface area contributed by atoms with Crippen LogP contribution in [0.4, 0.5) is 0 Å². The Morgan fingerprint density at radius 1 is 1.44 bits per heavy atom. The second-order valence-corrected chi connectivity index (χ2v) is 6.63. The summed E-state index contributed by atoms with van der Waals surface area (Å²) in [6, 6.07) is 1.51. The SMILES string of the molecule is Cl.O=S(=O)(N[C@H]1CCCNC1)c1cncc(Br)c1. The molecule has 2 N–H and O–H groups in total. The van der Waals surface area contributed by atoms with Gasteiger partial charge in [-0.05, 0) is 41.4 Å². The second kappa shape index (κ2) is 6.81. The van der Waals surface area contributed by atoms with Gasteiger partial charge < -0.3 is 5.32 Å². The summed E-state index contributed by atoms with van der Waals surface area (Å²) in [6.07, 6.45) is 4.77. The van der Waals surface area contributed by atoms with Gasteiger partial charge in [-0.1, -0.05) is 0 Å². The van der Waals surface area contributed by atoms with Gasteiger partial charge >= 0.3 is 0 Å². The van der Waals surface area contributed by atoms with E-state index in [0.29, 0.717) is 11.0 Å². The molecule has 1 aromatic heterocycles. The second-order valence-electron chi connectivity index (χ2n) is 4.00. The van der Waals surface area contributed by atoms with Crippen LogP contribution in [0.5, 0.6) is 0 Å². The van der Waals surface area contributed by atoms with Crippen LogP contribution in [-0.2, 0) is 10.0 Å². The van der Waals surface area contributed by atoms with E-state index in [1.54, 1.807) is 12.3 Å². The minimum absolute atomic E-state index is 0. The van der Waals surface area contributed by atoms with E-state index in [0.717, 1.165) is 19.4 Å². The quantitative estimate of drug-likeness (QED) is 0.856. The summed E-state index contributed by atoms with van der Waals surface area (Å²) in [5, 5.41) is 3.17. The lowest BCUT2D eigenvalue weighted by Crippen LogP contribution is -2.45. The van der Waals surface area contributed by atoms with Gasteiger partial charge in [-0.15, -0.1) is 12.4 Å². The molecule has 0 saturated carbocycles. The molecule has 1 aromatic rings. The van der Waals surface area contributed by atoms with Crippen molar-refractivity contribution < 1.29 is 8.42 Å². The van der Waals surface area contributed by atoms with Crippen LogP contribution in [0.1, 0.15) is 12.8 Å². The number of pyridine rings is 1. The summed E-state index contributed by atoms with van der Waals surface area (Å²) < 4.78 is 27.4. The van der Waals surface area contributed by atoms with Gasteiger partial charge in [-0.25, -0.2) is 13.1 Å². The smallest absolute Gasteiger partial charge is 0.242 e. The zero-order valence-corrected chi connectivity index (χ0v) is 12.8. The molecule has 1 atom stereocenters. The average molecular weight is 357 g/mol. The molecule has 2 rings (SSSR count). The van der Waals surface area contributed by atoms with Gasteiger partial charge in [0.05, 0.1) is 0 Å². The van der Waals surface area contributed by atoms with Crippen molar-refractivity contribution in [3.63, 3.8) is 0 Å². The van der Waals surface area contributed by atoms with Gasteiger partial charge in [0.1, 0.15) is 4.90 Å². The molecule has 0 aliphatic carbocycles. The average Bonchev–Trinajstić information content (AvgIpc) is 2.30. The van der Waals surface area contributed by atoms with Crippen molar-refractivity contribution in [3.05, 3.63) is 22.9 Å². The fraction of sp³-hybridized carbons (Fsp3) is 0.500. The molecule has 0 bridgehead atoms. The molecular weight excluding hydrogens is 342 g/mol. The third-order valence-electron chi connectivity index (χ3n) is 2.61. The highest BCUT2D eigenvalue weighted by molar-refractivity contribution is 9.10. The van der Waals surface area contributed by atoms with Crippen molar-refractivity contribution in [1.29, 1.82) is 0 Å². The van der Waals surface area contributed by atoms with Crippen LogP contribution < -0.4 is 10.0 Å². The Morgan fingerprint density at radius 3 is 2.83 bits per heavy atom. The zero-order chi connectivity index (χ0) is 12.3. The normalized spacial score (nSPS) is 20.2. The molecule has 0 spiro atoms. The van der Waals surface area contributed by atoms with E-state index in [9.17, 15) is 8.42 Å². The molecule has 0 aromatic carbocycles. The molecule has 8 heteroatoms. The summed E-state index contributed by atoms with van der Waals surface area (Å²) >= 11 is 3.21. The van der Waals surface area contributed by atoms with Gasteiger partial charge in [-0.2, -0.15) is 0 Å². The van der Waals surface area contributed by atoms with E-state index in [4.69, 9.17) is 0 Å². The Labute approximate surface area is 121 Å². The predicted molar refractivity (Wildman–Crippen MR) is 75.4 cm³/mol. The first-order chi connectivity index (χ1) is 8.08. The number of nitrogens with one attached hydrogen (secondary N) is 2. The molecule has 18 heavy (non-hydrogen) atoms. The number of halogens is 2. The van der Waals surface area contributed by atoms with Crippen LogP contribution in [0.15, 0.2) is 27.8 Å². The Balaban J connectivity index is 0.00000162. The largest absolute Gasteiger partial charge is 0.315 e. The van der Waals surface area contributed by atoms with Crippen LogP contribution in [-0.4, -0.2) is 32.5 Å². The molecule has 5 nitrogen and oxygen atoms in total. The third-order valence-corrected chi connectivity index (χ3v) is 4.53. The minimum atomic E-state index is -3.46. The molecule has 102 valence electrons. The molecule has 1 aliphatic rings. The van der Waals surface area contributed by atoms with Crippen molar-refractivity contribution in [2.75, 3.05) is 13.1 Å². The molecule has 1 aliphatic heterocycles. The lowest BCUT2D eigenvalue weighted by molar-refractivity contribution is 0.428. The Morgan fingerprint density at radius 2 is 2.22 bits per heavy atom. The summed E-state index contributed by atoms with van der Waals surface area (Å²) in [4.78, 5) is 4.05. The van der Waals surface area contributed by atoms with Crippen molar-refractivity contribution in [2.24, 2.45) is 0 Å². The van der Waals surface area contributed by atoms with E-state index < -0.39 is 10.0 Å². The van der Waals surface area contributed by atoms with Crippen LogP contribution in [0.3, 0.4) is 0 Å². The van der Waals surface area contributed by atoms with Crippen LogP contribution in [0.25, 0.3) is 0 Å². The molecule has 0 radical (unpaired) electrons. The zero-order valence-electron chi connectivity index (χ0n) is 9.60. The van der Waals surface area contributed by atoms with Gasteiger partial charge in [0, 0.05) is 29.5 Å². The summed E-state index contributed by atoms with van der Waals surface area (Å²) in [6.45, 7) is 1.64. The van der Waals surface area contributed by atoms with E-state index in [-0.39, 0.29) is 23.3 Å². The van der Waals surface area contributed by atoms with Gasteiger partial charge in [-0.3, -0.25) is 4.98 Å². The van der Waals surface area contributed by atoms with Crippen molar-refractivity contribution in [2.45, 2.75) is 23.8 Å². The summed E-state index contributed by atoms with van der Waals surface area (Å²) in [5.41, 5.74) is 0. The maximum absolute atomic E-state index is 12.1. The highest BCUT2D eigenvalue weighted by Crippen LogP contribution is 2.15. The third kappa shape index (κ3) is 4.17. The lowest BCUT2D eigenvalue weighted by atomic mass is 10.1. The lowest BCUT2D eigenvalue weighted by Gasteiger charge is -2.23. The molecule has 0 unspecified atom stereocenters. The van der Waals surface area contributed by atoms with Crippen LogP contribution in [0, 0.1) is 0 Å². The first-order valence-electron chi connectivity index (χ1n) is 5.41. The Bertz CT molecular complexity index is 492. The van der Waals surface area contributed by atoms with Gasteiger partial charge in [0.2, 0.25) is 10.0 Å². The van der Waals surface area contributed by atoms with Crippen molar-refractivity contribution in [1.82, 2.24) is 15.0 Å². The van der Waals surface area contributed by atoms with Gasteiger partial charge in [0.15, 0.2) is 0 Å². The summed E-state index contributed by atoms with van der Waals surface area (Å²) in [7, 11) is -3.46. The number of aromatic nitrogens is 1. The molecular formula is C10H15BrClN3O2S. The highest BCUT2D eigenvalue weighted by atomic mass is 79.9. The number of hydrogen-bond acceptors (Lipinski definition) is 4. The van der Waals surface area contributed by atoms with Crippen LogP contribution in [0.2, 0.25) is 0 Å². The number of piperidine rings is 1. The van der Waals surface area contributed by atoms with Crippen LogP contribution >= 0.6 is 28.3 Å². The predicted octanol–water partition coefficient (Wildman–Crippen LogP) is 1.30. The fourth-order valence-electron chi connectivity index (χ4n) is 1.78. The molecule has 2 heterocycles. The fourth-order valence-corrected chi connectivity index (χ4v) is 3.55. The Hall–Kier alpha value is -0.210. The number of sulfonamides is 1.